The Morgan fingerprint density at radius 1 is 1.15 bits per heavy atom. The van der Waals surface area contributed by atoms with Gasteiger partial charge in [-0.2, -0.15) is 0 Å². The highest BCUT2D eigenvalue weighted by atomic mass is 35.5. The summed E-state index contributed by atoms with van der Waals surface area (Å²) in [5.41, 5.74) is 3.80. The second-order valence-corrected chi connectivity index (χ2v) is 6.57. The maximum absolute atomic E-state index is 13.1. The molecule has 1 N–H and O–H groups in total. The SMILES string of the molecule is COc1c(-c2nccc(Cc3ccc(F)cc3)n2)cc(Cl)c2[nH]c(C)nc12. The first-order valence-electron chi connectivity index (χ1n) is 8.34. The summed E-state index contributed by atoms with van der Waals surface area (Å²) in [4.78, 5) is 16.6. The minimum absolute atomic E-state index is 0.260. The van der Waals surface area contributed by atoms with E-state index in [1.165, 1.54) is 12.1 Å². The number of fused-ring (bicyclic) bond motifs is 1. The smallest absolute Gasteiger partial charge is 0.163 e. The molecule has 4 rings (SSSR count). The molecule has 0 fully saturated rings. The van der Waals surface area contributed by atoms with Crippen LogP contribution >= 0.6 is 11.6 Å². The Bertz CT molecular complexity index is 1120. The molecule has 5 nitrogen and oxygen atoms in total. The molecular formula is C20H16ClFN4O. The van der Waals surface area contributed by atoms with Crippen LogP contribution in [0.1, 0.15) is 17.1 Å². The number of aromatic nitrogens is 4. The van der Waals surface area contributed by atoms with Crippen molar-refractivity contribution in [2.45, 2.75) is 13.3 Å². The average Bonchev–Trinajstić information content (AvgIpc) is 3.06. The Morgan fingerprint density at radius 2 is 1.93 bits per heavy atom. The largest absolute Gasteiger partial charge is 0.494 e. The predicted molar refractivity (Wildman–Crippen MR) is 103 cm³/mol. The van der Waals surface area contributed by atoms with Gasteiger partial charge in [0.2, 0.25) is 0 Å². The first-order valence-corrected chi connectivity index (χ1v) is 8.72. The number of nitrogens with zero attached hydrogens (tertiary/aromatic N) is 3. The van der Waals surface area contributed by atoms with Crippen LogP contribution in [0.4, 0.5) is 4.39 Å². The number of imidazole rings is 1. The fourth-order valence-electron chi connectivity index (χ4n) is 3.03. The minimum atomic E-state index is -0.260. The Morgan fingerprint density at radius 3 is 2.67 bits per heavy atom. The minimum Gasteiger partial charge on any atom is -0.494 e. The van der Waals surface area contributed by atoms with Crippen LogP contribution in [0.15, 0.2) is 42.6 Å². The van der Waals surface area contributed by atoms with E-state index in [-0.39, 0.29) is 5.82 Å². The van der Waals surface area contributed by atoms with E-state index >= 15 is 0 Å². The van der Waals surface area contributed by atoms with E-state index in [2.05, 4.69) is 19.9 Å². The molecule has 0 atom stereocenters. The van der Waals surface area contributed by atoms with Crippen LogP contribution in [-0.2, 0) is 6.42 Å². The zero-order valence-electron chi connectivity index (χ0n) is 14.8. The summed E-state index contributed by atoms with van der Waals surface area (Å²) in [6, 6.07) is 9.97. The van der Waals surface area contributed by atoms with Crippen molar-refractivity contribution in [2.75, 3.05) is 7.11 Å². The Balaban J connectivity index is 1.78. The summed E-state index contributed by atoms with van der Waals surface area (Å²) in [6.45, 7) is 1.86. The zero-order chi connectivity index (χ0) is 19.0. The summed E-state index contributed by atoms with van der Waals surface area (Å²) >= 11 is 6.42. The molecule has 0 saturated heterocycles. The van der Waals surface area contributed by atoms with Crippen molar-refractivity contribution in [1.82, 2.24) is 19.9 Å². The van der Waals surface area contributed by atoms with Gasteiger partial charge in [0.15, 0.2) is 11.6 Å². The lowest BCUT2D eigenvalue weighted by Crippen LogP contribution is -1.99. The number of ether oxygens (including phenoxy) is 1. The number of methoxy groups -OCH3 is 1. The Kier molecular flexibility index (Phi) is 4.49. The van der Waals surface area contributed by atoms with Gasteiger partial charge >= 0.3 is 0 Å². The van der Waals surface area contributed by atoms with Gasteiger partial charge in [0.25, 0.3) is 0 Å². The van der Waals surface area contributed by atoms with Gasteiger partial charge in [-0.05, 0) is 36.8 Å². The van der Waals surface area contributed by atoms with E-state index < -0.39 is 0 Å². The molecular weight excluding hydrogens is 367 g/mol. The Hall–Kier alpha value is -2.99. The van der Waals surface area contributed by atoms with Crippen molar-refractivity contribution in [3.8, 4) is 17.1 Å². The molecule has 2 aromatic heterocycles. The van der Waals surface area contributed by atoms with Crippen LogP contribution in [0.3, 0.4) is 0 Å². The van der Waals surface area contributed by atoms with Gasteiger partial charge in [0, 0.05) is 18.3 Å². The molecule has 0 unspecified atom stereocenters. The van der Waals surface area contributed by atoms with Crippen molar-refractivity contribution in [2.24, 2.45) is 0 Å². The molecule has 0 saturated carbocycles. The fourth-order valence-corrected chi connectivity index (χ4v) is 3.28. The lowest BCUT2D eigenvalue weighted by Gasteiger charge is -2.10. The normalized spacial score (nSPS) is 11.1. The van der Waals surface area contributed by atoms with Gasteiger partial charge in [0.05, 0.1) is 23.2 Å². The third-order valence-corrected chi connectivity index (χ3v) is 4.55. The van der Waals surface area contributed by atoms with E-state index in [0.29, 0.717) is 34.1 Å². The van der Waals surface area contributed by atoms with Crippen molar-refractivity contribution >= 4 is 22.6 Å². The molecule has 0 amide bonds. The molecule has 0 aliphatic heterocycles. The van der Waals surface area contributed by atoms with Gasteiger partial charge in [-0.3, -0.25) is 0 Å². The predicted octanol–water partition coefficient (Wildman–Crippen LogP) is 4.72. The molecule has 2 aromatic carbocycles. The highest BCUT2D eigenvalue weighted by Crippen LogP contribution is 2.38. The Labute approximate surface area is 160 Å². The first kappa shape index (κ1) is 17.4. The number of H-pyrrole nitrogens is 1. The van der Waals surface area contributed by atoms with Gasteiger partial charge in [-0.15, -0.1) is 0 Å². The van der Waals surface area contributed by atoms with E-state index in [1.54, 1.807) is 31.5 Å². The van der Waals surface area contributed by atoms with Gasteiger partial charge < -0.3 is 9.72 Å². The van der Waals surface area contributed by atoms with E-state index in [4.69, 9.17) is 16.3 Å². The molecule has 7 heteroatoms. The molecule has 0 aliphatic carbocycles. The van der Waals surface area contributed by atoms with Crippen LogP contribution in [0, 0.1) is 12.7 Å². The summed E-state index contributed by atoms with van der Waals surface area (Å²) < 4.78 is 18.7. The summed E-state index contributed by atoms with van der Waals surface area (Å²) in [5, 5.41) is 0.522. The first-order chi connectivity index (χ1) is 13.0. The van der Waals surface area contributed by atoms with Crippen molar-refractivity contribution < 1.29 is 9.13 Å². The number of hydrogen-bond acceptors (Lipinski definition) is 4. The van der Waals surface area contributed by atoms with Crippen molar-refractivity contribution in [3.63, 3.8) is 0 Å². The average molecular weight is 383 g/mol. The van der Waals surface area contributed by atoms with E-state index in [1.807, 2.05) is 13.0 Å². The second-order valence-electron chi connectivity index (χ2n) is 6.16. The molecule has 0 bridgehead atoms. The highest BCUT2D eigenvalue weighted by molar-refractivity contribution is 6.35. The molecule has 0 aliphatic rings. The molecule has 0 spiro atoms. The van der Waals surface area contributed by atoms with Crippen LogP contribution in [-0.4, -0.2) is 27.0 Å². The summed E-state index contributed by atoms with van der Waals surface area (Å²) in [6.07, 6.45) is 2.25. The lowest BCUT2D eigenvalue weighted by atomic mass is 10.1. The topological polar surface area (TPSA) is 63.7 Å². The zero-order valence-corrected chi connectivity index (χ0v) is 15.5. The number of rotatable bonds is 4. The van der Waals surface area contributed by atoms with Gasteiger partial charge in [-0.25, -0.2) is 19.3 Å². The summed E-state index contributed by atoms with van der Waals surface area (Å²) in [5.74, 6) is 1.55. The maximum Gasteiger partial charge on any atom is 0.163 e. The van der Waals surface area contributed by atoms with Gasteiger partial charge in [-0.1, -0.05) is 23.7 Å². The number of hydrogen-bond donors (Lipinski definition) is 1. The van der Waals surface area contributed by atoms with Crippen LogP contribution in [0.25, 0.3) is 22.4 Å². The number of benzene rings is 2. The van der Waals surface area contributed by atoms with E-state index in [0.717, 1.165) is 22.6 Å². The van der Waals surface area contributed by atoms with Crippen LogP contribution in [0.5, 0.6) is 5.75 Å². The molecule has 27 heavy (non-hydrogen) atoms. The number of aryl methyl sites for hydroxylation is 1. The maximum atomic E-state index is 13.1. The van der Waals surface area contributed by atoms with Crippen LogP contribution < -0.4 is 4.74 Å². The third-order valence-electron chi connectivity index (χ3n) is 4.25. The number of nitrogens with one attached hydrogen (secondary N) is 1. The van der Waals surface area contributed by atoms with Crippen LogP contribution in [0.2, 0.25) is 5.02 Å². The monoisotopic (exact) mass is 382 g/mol. The van der Waals surface area contributed by atoms with E-state index in [9.17, 15) is 4.39 Å². The van der Waals surface area contributed by atoms with Crippen molar-refractivity contribution in [1.29, 1.82) is 0 Å². The number of halogens is 2. The molecule has 2 heterocycles. The lowest BCUT2D eigenvalue weighted by molar-refractivity contribution is 0.420. The fraction of sp³-hybridized carbons (Fsp3) is 0.150. The third kappa shape index (κ3) is 3.36. The number of aromatic amines is 1. The van der Waals surface area contributed by atoms with Crippen molar-refractivity contribution in [3.05, 3.63) is 70.5 Å². The van der Waals surface area contributed by atoms with Gasteiger partial charge in [0.1, 0.15) is 17.2 Å². The highest BCUT2D eigenvalue weighted by Gasteiger charge is 2.18. The second kappa shape index (κ2) is 6.96. The standard InChI is InChI=1S/C20H16ClFN4O/c1-11-24-17-16(21)10-15(19(27-2)18(17)25-11)20-23-8-7-14(26-20)9-12-3-5-13(22)6-4-12/h3-8,10H,9H2,1-2H3,(H,24,25). The molecule has 4 aromatic rings. The summed E-state index contributed by atoms with van der Waals surface area (Å²) in [7, 11) is 1.58. The quantitative estimate of drug-likeness (QED) is 0.554. The molecule has 136 valence electrons. The molecule has 0 radical (unpaired) electrons.